The molecule has 0 radical (unpaired) electrons. The molecule has 4 heteroatoms. The molecule has 0 heterocycles. The molecule has 0 saturated carbocycles. The molecule has 0 fully saturated rings. The summed E-state index contributed by atoms with van der Waals surface area (Å²) in [5.41, 5.74) is 0.940. The number of hydrogen-bond acceptors (Lipinski definition) is 4. The quantitative estimate of drug-likeness (QED) is 0.370. The molecule has 2 aromatic rings. The average molecular weight is 268 g/mol. The van der Waals surface area contributed by atoms with Crippen molar-refractivity contribution in [2.75, 3.05) is 0 Å². The summed E-state index contributed by atoms with van der Waals surface area (Å²) in [4.78, 5) is 34.3. The molecule has 0 amide bonds. The average Bonchev–Trinajstić information content (AvgIpc) is 2.46. The molecule has 2 rings (SSSR count). The first-order chi connectivity index (χ1) is 9.61. The first-order valence-corrected chi connectivity index (χ1v) is 5.99. The maximum atomic E-state index is 12.4. The van der Waals surface area contributed by atoms with Crippen LogP contribution in [0.1, 0.15) is 33.2 Å². The van der Waals surface area contributed by atoms with Crippen molar-refractivity contribution < 1.29 is 19.1 Å². The minimum Gasteiger partial charge on any atom is -0.427 e. The van der Waals surface area contributed by atoms with Gasteiger partial charge >= 0.3 is 5.97 Å². The van der Waals surface area contributed by atoms with Gasteiger partial charge in [-0.05, 0) is 18.2 Å². The van der Waals surface area contributed by atoms with Gasteiger partial charge in [0, 0.05) is 23.6 Å². The summed E-state index contributed by atoms with van der Waals surface area (Å²) < 4.78 is 4.93. The third kappa shape index (κ3) is 2.98. The number of aldehydes is 1. The Hall–Kier alpha value is -2.75. The van der Waals surface area contributed by atoms with Crippen molar-refractivity contribution in [1.82, 2.24) is 0 Å². The summed E-state index contributed by atoms with van der Waals surface area (Å²) in [5, 5.41) is 0. The highest BCUT2D eigenvalue weighted by atomic mass is 16.5. The smallest absolute Gasteiger partial charge is 0.308 e. The standard InChI is InChI=1S/C16H12O4/c1-11(18)20-14-8-7-13(10-17)15(9-14)16(19)12-5-3-2-4-6-12/h2-10H,1H3. The van der Waals surface area contributed by atoms with Crippen LogP contribution in [-0.2, 0) is 4.79 Å². The van der Waals surface area contributed by atoms with Crippen LogP contribution in [0.5, 0.6) is 5.75 Å². The van der Waals surface area contributed by atoms with Crippen LogP contribution in [0.4, 0.5) is 0 Å². The first-order valence-electron chi connectivity index (χ1n) is 5.99. The Bertz CT molecular complexity index is 659. The van der Waals surface area contributed by atoms with Crippen molar-refractivity contribution in [3.05, 3.63) is 65.2 Å². The van der Waals surface area contributed by atoms with Crippen LogP contribution >= 0.6 is 0 Å². The number of rotatable bonds is 4. The van der Waals surface area contributed by atoms with E-state index in [2.05, 4.69) is 0 Å². The Labute approximate surface area is 116 Å². The molecular formula is C16H12O4. The number of hydrogen-bond donors (Lipinski definition) is 0. The molecule has 0 aromatic heterocycles. The van der Waals surface area contributed by atoms with Crippen LogP contribution in [0.2, 0.25) is 0 Å². The minimum atomic E-state index is -0.484. The number of esters is 1. The van der Waals surface area contributed by atoms with Gasteiger partial charge in [-0.3, -0.25) is 14.4 Å². The second-order valence-corrected chi connectivity index (χ2v) is 4.16. The van der Waals surface area contributed by atoms with Gasteiger partial charge in [-0.2, -0.15) is 0 Å². The van der Waals surface area contributed by atoms with E-state index in [0.29, 0.717) is 11.8 Å². The lowest BCUT2D eigenvalue weighted by atomic mass is 9.99. The lowest BCUT2D eigenvalue weighted by Gasteiger charge is -2.07. The van der Waals surface area contributed by atoms with Crippen LogP contribution in [0, 0.1) is 0 Å². The molecule has 0 spiro atoms. The van der Waals surface area contributed by atoms with Crippen molar-refractivity contribution >= 4 is 18.0 Å². The number of carbonyl (C=O) groups excluding carboxylic acids is 3. The number of benzene rings is 2. The maximum Gasteiger partial charge on any atom is 0.308 e. The summed E-state index contributed by atoms with van der Waals surface area (Å²) in [6.07, 6.45) is 0.605. The topological polar surface area (TPSA) is 60.4 Å². The minimum absolute atomic E-state index is 0.213. The summed E-state index contributed by atoms with van der Waals surface area (Å²) in [6, 6.07) is 12.9. The van der Waals surface area contributed by atoms with Gasteiger partial charge < -0.3 is 4.74 Å². The number of ether oxygens (including phenoxy) is 1. The third-order valence-electron chi connectivity index (χ3n) is 2.69. The zero-order valence-electron chi connectivity index (χ0n) is 10.8. The molecule has 0 N–H and O–H groups in total. The van der Waals surface area contributed by atoms with Crippen molar-refractivity contribution in [3.63, 3.8) is 0 Å². The number of carbonyl (C=O) groups is 3. The van der Waals surface area contributed by atoms with Gasteiger partial charge in [0.15, 0.2) is 12.1 Å². The summed E-state index contributed by atoms with van der Waals surface area (Å²) in [7, 11) is 0. The second-order valence-electron chi connectivity index (χ2n) is 4.16. The van der Waals surface area contributed by atoms with Gasteiger partial charge in [-0.1, -0.05) is 30.3 Å². The third-order valence-corrected chi connectivity index (χ3v) is 2.69. The maximum absolute atomic E-state index is 12.4. The summed E-state index contributed by atoms with van der Waals surface area (Å²) >= 11 is 0. The van der Waals surface area contributed by atoms with E-state index in [1.54, 1.807) is 30.3 Å². The Morgan fingerprint density at radius 2 is 1.75 bits per heavy atom. The fourth-order valence-electron chi connectivity index (χ4n) is 1.81. The van der Waals surface area contributed by atoms with E-state index in [0.717, 1.165) is 0 Å². The van der Waals surface area contributed by atoms with Crippen LogP contribution in [0.25, 0.3) is 0 Å². The highest BCUT2D eigenvalue weighted by Gasteiger charge is 2.15. The predicted octanol–water partition coefficient (Wildman–Crippen LogP) is 2.66. The summed E-state index contributed by atoms with van der Waals surface area (Å²) in [6.45, 7) is 1.27. The molecule has 0 aliphatic heterocycles. The van der Waals surface area contributed by atoms with Crippen molar-refractivity contribution in [1.29, 1.82) is 0 Å². The lowest BCUT2D eigenvalue weighted by Crippen LogP contribution is -2.07. The molecule has 0 bridgehead atoms. The van der Waals surface area contributed by atoms with E-state index in [1.807, 2.05) is 0 Å². The Morgan fingerprint density at radius 1 is 1.05 bits per heavy atom. The lowest BCUT2D eigenvalue weighted by molar-refractivity contribution is -0.131. The second kappa shape index (κ2) is 5.93. The zero-order chi connectivity index (χ0) is 14.5. The fourth-order valence-corrected chi connectivity index (χ4v) is 1.81. The van der Waals surface area contributed by atoms with E-state index in [9.17, 15) is 14.4 Å². The predicted molar refractivity (Wildman–Crippen MR) is 73.0 cm³/mol. The molecule has 100 valence electrons. The SMILES string of the molecule is CC(=O)Oc1ccc(C=O)c(C(=O)c2ccccc2)c1. The van der Waals surface area contributed by atoms with E-state index >= 15 is 0 Å². The highest BCUT2D eigenvalue weighted by Crippen LogP contribution is 2.20. The largest absolute Gasteiger partial charge is 0.427 e. The Balaban J connectivity index is 2.45. The van der Waals surface area contributed by atoms with E-state index in [4.69, 9.17) is 4.74 Å². The zero-order valence-corrected chi connectivity index (χ0v) is 10.8. The highest BCUT2D eigenvalue weighted by molar-refractivity contribution is 6.13. The molecule has 0 saturated heterocycles. The van der Waals surface area contributed by atoms with Crippen LogP contribution < -0.4 is 4.74 Å². The Morgan fingerprint density at radius 3 is 2.35 bits per heavy atom. The Kier molecular flexibility index (Phi) is 4.05. The molecular weight excluding hydrogens is 256 g/mol. The van der Waals surface area contributed by atoms with Gasteiger partial charge in [0.1, 0.15) is 5.75 Å². The van der Waals surface area contributed by atoms with Crippen LogP contribution in [-0.4, -0.2) is 18.0 Å². The fraction of sp³-hybridized carbons (Fsp3) is 0.0625. The molecule has 20 heavy (non-hydrogen) atoms. The van der Waals surface area contributed by atoms with Gasteiger partial charge in [0.2, 0.25) is 0 Å². The van der Waals surface area contributed by atoms with E-state index in [1.165, 1.54) is 25.1 Å². The van der Waals surface area contributed by atoms with Crippen LogP contribution in [0.3, 0.4) is 0 Å². The van der Waals surface area contributed by atoms with Crippen LogP contribution in [0.15, 0.2) is 48.5 Å². The normalized spacial score (nSPS) is 9.85. The van der Waals surface area contributed by atoms with Gasteiger partial charge in [0.05, 0.1) is 0 Å². The monoisotopic (exact) mass is 268 g/mol. The summed E-state index contributed by atoms with van der Waals surface area (Å²) in [5.74, 6) is -0.536. The number of ketones is 1. The van der Waals surface area contributed by atoms with Gasteiger partial charge in [0.25, 0.3) is 0 Å². The first kappa shape index (κ1) is 13.7. The van der Waals surface area contributed by atoms with Gasteiger partial charge in [-0.15, -0.1) is 0 Å². The molecule has 2 aromatic carbocycles. The van der Waals surface area contributed by atoms with E-state index < -0.39 is 5.97 Å². The van der Waals surface area contributed by atoms with Crippen molar-refractivity contribution in [2.24, 2.45) is 0 Å². The van der Waals surface area contributed by atoms with Crippen molar-refractivity contribution in [3.8, 4) is 5.75 Å². The molecule has 0 aliphatic rings. The molecule has 0 unspecified atom stereocenters. The van der Waals surface area contributed by atoms with E-state index in [-0.39, 0.29) is 22.7 Å². The molecule has 0 atom stereocenters. The van der Waals surface area contributed by atoms with Gasteiger partial charge in [-0.25, -0.2) is 0 Å². The molecule has 4 nitrogen and oxygen atoms in total. The van der Waals surface area contributed by atoms with Crippen molar-refractivity contribution in [2.45, 2.75) is 6.92 Å². The molecule has 0 aliphatic carbocycles.